The molecule has 0 atom stereocenters. The summed E-state index contributed by atoms with van der Waals surface area (Å²) in [4.78, 5) is 22.5. The summed E-state index contributed by atoms with van der Waals surface area (Å²) in [5, 5.41) is 0.445. The molecular formula is C12H8O4. The Morgan fingerprint density at radius 2 is 2.12 bits per heavy atom. The van der Waals surface area contributed by atoms with E-state index < -0.39 is 5.97 Å². The van der Waals surface area contributed by atoms with Gasteiger partial charge in [0.25, 0.3) is 5.95 Å². The molecule has 1 aromatic heterocycles. The molecule has 0 saturated carbocycles. The van der Waals surface area contributed by atoms with Gasteiger partial charge in [0, 0.05) is 6.08 Å². The van der Waals surface area contributed by atoms with E-state index in [-0.39, 0.29) is 11.4 Å². The van der Waals surface area contributed by atoms with Gasteiger partial charge in [0.15, 0.2) is 5.43 Å². The van der Waals surface area contributed by atoms with Crippen LogP contribution in [0.1, 0.15) is 0 Å². The molecule has 0 bridgehead atoms. The third-order valence-electron chi connectivity index (χ3n) is 1.98. The van der Waals surface area contributed by atoms with Crippen molar-refractivity contribution in [2.45, 2.75) is 0 Å². The van der Waals surface area contributed by atoms with Crippen molar-refractivity contribution >= 4 is 16.9 Å². The molecular weight excluding hydrogens is 208 g/mol. The van der Waals surface area contributed by atoms with Gasteiger partial charge in [-0.2, -0.15) is 0 Å². The van der Waals surface area contributed by atoms with Gasteiger partial charge in [-0.3, -0.25) is 4.79 Å². The minimum Gasteiger partial charge on any atom is -0.425 e. The van der Waals surface area contributed by atoms with Gasteiger partial charge in [0.2, 0.25) is 0 Å². The fraction of sp³-hybridized carbons (Fsp3) is 0. The summed E-state index contributed by atoms with van der Waals surface area (Å²) in [6.45, 7) is 3.25. The van der Waals surface area contributed by atoms with Gasteiger partial charge in [0.1, 0.15) is 5.58 Å². The number of carbonyl (C=O) groups is 1. The van der Waals surface area contributed by atoms with E-state index in [1.54, 1.807) is 24.3 Å². The second-order valence-corrected chi connectivity index (χ2v) is 3.05. The predicted molar refractivity (Wildman–Crippen MR) is 58.3 cm³/mol. The molecule has 80 valence electrons. The van der Waals surface area contributed by atoms with E-state index in [0.717, 1.165) is 12.1 Å². The highest BCUT2D eigenvalue weighted by Gasteiger charge is 2.07. The minimum absolute atomic E-state index is 0.131. The Labute approximate surface area is 90.8 Å². The Kier molecular flexibility index (Phi) is 2.55. The van der Waals surface area contributed by atoms with Crippen LogP contribution in [-0.4, -0.2) is 5.97 Å². The Morgan fingerprint density at radius 1 is 1.38 bits per heavy atom. The molecule has 0 aliphatic rings. The van der Waals surface area contributed by atoms with Crippen LogP contribution in [0.25, 0.3) is 11.0 Å². The first-order valence-electron chi connectivity index (χ1n) is 4.58. The molecule has 0 unspecified atom stereocenters. The van der Waals surface area contributed by atoms with Crippen molar-refractivity contribution in [3.8, 4) is 5.95 Å². The average molecular weight is 216 g/mol. The lowest BCUT2D eigenvalue weighted by atomic mass is 10.2. The lowest BCUT2D eigenvalue weighted by molar-refractivity contribution is -0.130. The SMILES string of the molecule is C=CC(=O)Oc1cc(=O)c2ccccc2o1. The van der Waals surface area contributed by atoms with Crippen molar-refractivity contribution in [2.75, 3.05) is 0 Å². The molecule has 1 aromatic carbocycles. The lowest BCUT2D eigenvalue weighted by Gasteiger charge is -2.01. The molecule has 0 saturated heterocycles. The van der Waals surface area contributed by atoms with Gasteiger partial charge in [-0.1, -0.05) is 18.7 Å². The monoisotopic (exact) mass is 216 g/mol. The lowest BCUT2D eigenvalue weighted by Crippen LogP contribution is -2.07. The number of fused-ring (bicyclic) bond motifs is 1. The van der Waals surface area contributed by atoms with Crippen LogP contribution in [0.4, 0.5) is 0 Å². The molecule has 0 radical (unpaired) electrons. The van der Waals surface area contributed by atoms with Crippen LogP contribution >= 0.6 is 0 Å². The molecule has 4 nitrogen and oxygen atoms in total. The number of esters is 1. The van der Waals surface area contributed by atoms with Crippen LogP contribution in [0, 0.1) is 0 Å². The molecule has 0 spiro atoms. The first kappa shape index (κ1) is 10.2. The number of benzene rings is 1. The molecule has 0 N–H and O–H groups in total. The normalized spacial score (nSPS) is 10.0. The van der Waals surface area contributed by atoms with Gasteiger partial charge in [-0.25, -0.2) is 4.79 Å². The molecule has 2 aromatic rings. The first-order valence-corrected chi connectivity index (χ1v) is 4.58. The molecule has 0 aliphatic heterocycles. The van der Waals surface area contributed by atoms with Crippen molar-refractivity contribution in [3.05, 3.63) is 53.2 Å². The van der Waals surface area contributed by atoms with Gasteiger partial charge >= 0.3 is 5.97 Å². The Bertz CT molecular complexity index is 610. The standard InChI is InChI=1S/C12H8O4/c1-2-11(14)16-12-7-9(13)8-5-3-4-6-10(8)15-12/h2-7H,1H2. The maximum absolute atomic E-state index is 11.6. The zero-order chi connectivity index (χ0) is 11.5. The molecule has 1 heterocycles. The van der Waals surface area contributed by atoms with Crippen molar-refractivity contribution in [2.24, 2.45) is 0 Å². The third-order valence-corrected chi connectivity index (χ3v) is 1.98. The highest BCUT2D eigenvalue weighted by Crippen LogP contribution is 2.16. The highest BCUT2D eigenvalue weighted by atomic mass is 16.6. The van der Waals surface area contributed by atoms with E-state index in [9.17, 15) is 9.59 Å². The van der Waals surface area contributed by atoms with E-state index in [4.69, 9.17) is 9.15 Å². The minimum atomic E-state index is -0.668. The molecule has 16 heavy (non-hydrogen) atoms. The zero-order valence-electron chi connectivity index (χ0n) is 8.30. The summed E-state index contributed by atoms with van der Waals surface area (Å²) in [7, 11) is 0. The smallest absolute Gasteiger partial charge is 0.337 e. The summed E-state index contributed by atoms with van der Waals surface area (Å²) in [6, 6.07) is 7.85. The summed E-state index contributed by atoms with van der Waals surface area (Å²) in [5.74, 6) is -0.799. The van der Waals surface area contributed by atoms with E-state index in [1.165, 1.54) is 0 Å². The fourth-order valence-electron chi connectivity index (χ4n) is 1.27. The molecule has 0 fully saturated rings. The first-order chi connectivity index (χ1) is 7.70. The van der Waals surface area contributed by atoms with Crippen molar-refractivity contribution < 1.29 is 13.9 Å². The topological polar surface area (TPSA) is 56.5 Å². The third kappa shape index (κ3) is 1.86. The van der Waals surface area contributed by atoms with Gasteiger partial charge in [-0.05, 0) is 12.1 Å². The van der Waals surface area contributed by atoms with E-state index >= 15 is 0 Å². The van der Waals surface area contributed by atoms with Crippen LogP contribution in [0.15, 0.2) is 52.2 Å². The quantitative estimate of drug-likeness (QED) is 0.568. The van der Waals surface area contributed by atoms with Crippen molar-refractivity contribution in [3.63, 3.8) is 0 Å². The Morgan fingerprint density at radius 3 is 2.88 bits per heavy atom. The van der Waals surface area contributed by atoms with Crippen LogP contribution in [0.5, 0.6) is 5.95 Å². The number of hydrogen-bond acceptors (Lipinski definition) is 4. The van der Waals surface area contributed by atoms with Crippen LogP contribution in [0.2, 0.25) is 0 Å². The number of hydrogen-bond donors (Lipinski definition) is 0. The molecule has 2 rings (SSSR count). The van der Waals surface area contributed by atoms with Crippen LogP contribution in [0.3, 0.4) is 0 Å². The van der Waals surface area contributed by atoms with Crippen molar-refractivity contribution in [1.82, 2.24) is 0 Å². The molecule has 4 heteroatoms. The maximum Gasteiger partial charge on any atom is 0.337 e. The zero-order valence-corrected chi connectivity index (χ0v) is 8.30. The van der Waals surface area contributed by atoms with Crippen molar-refractivity contribution in [1.29, 1.82) is 0 Å². The van der Waals surface area contributed by atoms with Gasteiger partial charge in [-0.15, -0.1) is 0 Å². The van der Waals surface area contributed by atoms with Crippen LogP contribution in [-0.2, 0) is 4.79 Å². The average Bonchev–Trinajstić information content (AvgIpc) is 2.29. The predicted octanol–water partition coefficient (Wildman–Crippen LogP) is 1.88. The van der Waals surface area contributed by atoms with Gasteiger partial charge in [0.05, 0.1) is 11.5 Å². The Balaban J connectivity index is 2.54. The number of carbonyl (C=O) groups excluding carboxylic acids is 1. The number of para-hydroxylation sites is 1. The van der Waals surface area contributed by atoms with E-state index in [1.807, 2.05) is 0 Å². The fourth-order valence-corrected chi connectivity index (χ4v) is 1.27. The summed E-state index contributed by atoms with van der Waals surface area (Å²) < 4.78 is 9.95. The van der Waals surface area contributed by atoms with Crippen LogP contribution < -0.4 is 10.2 Å². The highest BCUT2D eigenvalue weighted by molar-refractivity contribution is 5.83. The second kappa shape index (κ2) is 4.02. The molecule has 0 amide bonds. The summed E-state index contributed by atoms with van der Waals surface area (Å²) in [6.07, 6.45) is 0.995. The van der Waals surface area contributed by atoms with E-state index in [0.29, 0.717) is 11.0 Å². The Hall–Kier alpha value is -2.36. The van der Waals surface area contributed by atoms with E-state index in [2.05, 4.69) is 6.58 Å². The molecule has 0 aliphatic carbocycles. The summed E-state index contributed by atoms with van der Waals surface area (Å²) >= 11 is 0. The summed E-state index contributed by atoms with van der Waals surface area (Å²) in [5.41, 5.74) is 0.121. The number of ether oxygens (including phenoxy) is 1. The number of rotatable bonds is 2. The largest absolute Gasteiger partial charge is 0.425 e. The maximum atomic E-state index is 11.6. The van der Waals surface area contributed by atoms with Gasteiger partial charge < -0.3 is 9.15 Å². The second-order valence-electron chi connectivity index (χ2n) is 3.05.